The van der Waals surface area contributed by atoms with Gasteiger partial charge in [0.15, 0.2) is 6.61 Å². The van der Waals surface area contributed by atoms with Crippen LogP contribution in [0.15, 0.2) is 84.9 Å². The second-order valence-electron chi connectivity index (χ2n) is 9.71. The van der Waals surface area contributed by atoms with E-state index in [1.54, 1.807) is 12.1 Å². The predicted octanol–water partition coefficient (Wildman–Crippen LogP) is 9.16. The van der Waals surface area contributed by atoms with Crippen LogP contribution < -0.4 is 4.74 Å². The Bertz CT molecular complexity index is 1660. The lowest BCUT2D eigenvalue weighted by Gasteiger charge is -2.17. The lowest BCUT2D eigenvalue weighted by molar-refractivity contribution is -0.138. The van der Waals surface area contributed by atoms with Gasteiger partial charge in [-0.15, -0.1) is 0 Å². The monoisotopic (exact) mass is 526 g/mol. The second-order valence-corrected chi connectivity index (χ2v) is 9.71. The summed E-state index contributed by atoms with van der Waals surface area (Å²) >= 11 is 0. The number of benzene rings is 4. The third-order valence-electron chi connectivity index (χ3n) is 7.15. The van der Waals surface area contributed by atoms with Crippen molar-refractivity contribution in [3.05, 3.63) is 102 Å². The van der Waals surface area contributed by atoms with Gasteiger partial charge < -0.3 is 9.30 Å². The highest BCUT2D eigenvalue weighted by molar-refractivity contribution is 5.95. The molecule has 0 atom stereocenters. The van der Waals surface area contributed by atoms with Crippen molar-refractivity contribution in [2.75, 3.05) is 6.61 Å². The van der Waals surface area contributed by atoms with Crippen LogP contribution in [-0.4, -0.2) is 11.2 Å². The molecule has 0 bridgehead atoms. The number of fused-ring (bicyclic) bond motifs is 2. The summed E-state index contributed by atoms with van der Waals surface area (Å²) in [5.74, 6) is 0.620. The number of alkyl halides is 3. The molecule has 0 unspecified atom stereocenters. The van der Waals surface area contributed by atoms with E-state index in [4.69, 9.17) is 10.00 Å². The molecule has 0 aliphatic carbocycles. The van der Waals surface area contributed by atoms with Crippen molar-refractivity contribution >= 4 is 21.7 Å². The standard InChI is InChI=1S/C33H29F3N2O/c1-2-3-4-11-29-28-10-6-8-13-31(28)38(22-26-9-5-7-12-30(26)33(34,35)36)32(29)25-15-14-24-21-27(39-19-18-37)17-16-23(24)20-25/h5-10,12-17,20-21H,2-4,11,19,22H2,1H3. The zero-order valence-corrected chi connectivity index (χ0v) is 21.8. The number of rotatable bonds is 9. The molecule has 0 N–H and O–H groups in total. The number of nitrogens with zero attached hydrogens (tertiary/aromatic N) is 2. The Kier molecular flexibility index (Phi) is 7.60. The van der Waals surface area contributed by atoms with Crippen LogP contribution >= 0.6 is 0 Å². The van der Waals surface area contributed by atoms with Crippen LogP contribution in [-0.2, 0) is 19.1 Å². The smallest absolute Gasteiger partial charge is 0.416 e. The van der Waals surface area contributed by atoms with E-state index in [0.717, 1.165) is 70.2 Å². The number of nitriles is 1. The highest BCUT2D eigenvalue weighted by Crippen LogP contribution is 2.39. The molecule has 39 heavy (non-hydrogen) atoms. The summed E-state index contributed by atoms with van der Waals surface area (Å²) in [6.07, 6.45) is -0.420. The molecule has 1 aromatic heterocycles. The SMILES string of the molecule is CCCCCc1c(-c2ccc3cc(OCC#N)ccc3c2)n(Cc2ccccc2C(F)(F)F)c2ccccc12. The Morgan fingerprint density at radius 1 is 0.872 bits per heavy atom. The largest absolute Gasteiger partial charge is 0.479 e. The van der Waals surface area contributed by atoms with Gasteiger partial charge in [0.1, 0.15) is 11.8 Å². The molecule has 0 saturated carbocycles. The van der Waals surface area contributed by atoms with Gasteiger partial charge in [-0.3, -0.25) is 0 Å². The minimum absolute atomic E-state index is 0.0236. The minimum atomic E-state index is -4.43. The van der Waals surface area contributed by atoms with Crippen molar-refractivity contribution in [2.45, 2.75) is 45.3 Å². The third-order valence-corrected chi connectivity index (χ3v) is 7.15. The van der Waals surface area contributed by atoms with Crippen LogP contribution in [0, 0.1) is 11.3 Å². The number of hydrogen-bond acceptors (Lipinski definition) is 2. The third kappa shape index (κ3) is 5.49. The van der Waals surface area contributed by atoms with Crippen molar-refractivity contribution in [3.8, 4) is 23.1 Å². The zero-order chi connectivity index (χ0) is 27.4. The second kappa shape index (κ2) is 11.2. The Morgan fingerprint density at radius 3 is 2.41 bits per heavy atom. The summed E-state index contributed by atoms with van der Waals surface area (Å²) in [5.41, 5.74) is 3.64. The van der Waals surface area contributed by atoms with E-state index in [9.17, 15) is 13.2 Å². The van der Waals surface area contributed by atoms with E-state index in [1.165, 1.54) is 6.07 Å². The average Bonchev–Trinajstić information content (AvgIpc) is 3.24. The number of halogens is 3. The molecule has 5 aromatic rings. The van der Waals surface area contributed by atoms with Crippen LogP contribution in [0.2, 0.25) is 0 Å². The fourth-order valence-electron chi connectivity index (χ4n) is 5.36. The van der Waals surface area contributed by atoms with E-state index in [1.807, 2.05) is 59.2 Å². The summed E-state index contributed by atoms with van der Waals surface area (Å²) in [6, 6.07) is 27.6. The number of aromatic nitrogens is 1. The van der Waals surface area contributed by atoms with Gasteiger partial charge in [0.25, 0.3) is 0 Å². The molecule has 0 fully saturated rings. The molecular weight excluding hydrogens is 497 g/mol. The molecule has 3 nitrogen and oxygen atoms in total. The van der Waals surface area contributed by atoms with Crippen LogP contribution in [0.5, 0.6) is 5.75 Å². The fraction of sp³-hybridized carbons (Fsp3) is 0.242. The summed E-state index contributed by atoms with van der Waals surface area (Å²) in [4.78, 5) is 0. The maximum atomic E-state index is 13.9. The van der Waals surface area contributed by atoms with E-state index >= 15 is 0 Å². The molecule has 0 aliphatic rings. The Labute approximate surface area is 226 Å². The van der Waals surface area contributed by atoms with Crippen molar-refractivity contribution in [2.24, 2.45) is 0 Å². The molecule has 0 spiro atoms. The van der Waals surface area contributed by atoms with Gasteiger partial charge in [0.05, 0.1) is 11.3 Å². The first-order chi connectivity index (χ1) is 18.9. The van der Waals surface area contributed by atoms with Crippen LogP contribution in [0.25, 0.3) is 32.9 Å². The van der Waals surface area contributed by atoms with Gasteiger partial charge in [0, 0.05) is 17.4 Å². The first-order valence-corrected chi connectivity index (χ1v) is 13.2. The number of unbranched alkanes of at least 4 members (excludes halogenated alkanes) is 2. The summed E-state index contributed by atoms with van der Waals surface area (Å²) < 4.78 is 49.3. The van der Waals surface area contributed by atoms with Gasteiger partial charge in [-0.2, -0.15) is 18.4 Å². The maximum Gasteiger partial charge on any atom is 0.416 e. The zero-order valence-electron chi connectivity index (χ0n) is 21.8. The number of hydrogen-bond donors (Lipinski definition) is 0. The molecule has 0 radical (unpaired) electrons. The van der Waals surface area contributed by atoms with Gasteiger partial charge in [-0.05, 0) is 70.6 Å². The molecule has 1 heterocycles. The summed E-state index contributed by atoms with van der Waals surface area (Å²) in [6.45, 7) is 2.25. The Hall–Kier alpha value is -4.24. The van der Waals surface area contributed by atoms with E-state index < -0.39 is 11.7 Å². The molecule has 5 rings (SSSR count). The number of para-hydroxylation sites is 1. The highest BCUT2D eigenvalue weighted by atomic mass is 19.4. The molecule has 0 amide bonds. The normalized spacial score (nSPS) is 11.7. The van der Waals surface area contributed by atoms with Crippen molar-refractivity contribution in [3.63, 3.8) is 0 Å². The number of aryl methyl sites for hydroxylation is 1. The van der Waals surface area contributed by atoms with E-state index in [2.05, 4.69) is 19.1 Å². The van der Waals surface area contributed by atoms with Crippen molar-refractivity contribution in [1.29, 1.82) is 5.26 Å². The lowest BCUT2D eigenvalue weighted by atomic mass is 9.98. The minimum Gasteiger partial charge on any atom is -0.479 e. The van der Waals surface area contributed by atoms with Gasteiger partial charge >= 0.3 is 6.18 Å². The average molecular weight is 527 g/mol. The summed E-state index contributed by atoms with van der Waals surface area (Å²) in [7, 11) is 0. The van der Waals surface area contributed by atoms with Crippen LogP contribution in [0.3, 0.4) is 0 Å². The fourth-order valence-corrected chi connectivity index (χ4v) is 5.36. The van der Waals surface area contributed by atoms with Crippen molar-refractivity contribution < 1.29 is 17.9 Å². The van der Waals surface area contributed by atoms with Crippen LogP contribution in [0.1, 0.15) is 42.9 Å². The quantitative estimate of drug-likeness (QED) is 0.180. The highest BCUT2D eigenvalue weighted by Gasteiger charge is 2.33. The van der Waals surface area contributed by atoms with Crippen molar-refractivity contribution in [1.82, 2.24) is 4.57 Å². The lowest BCUT2D eigenvalue weighted by Crippen LogP contribution is -2.12. The Balaban J connectivity index is 1.70. The number of ether oxygens (including phenoxy) is 1. The topological polar surface area (TPSA) is 37.9 Å². The maximum absolute atomic E-state index is 13.9. The molecular formula is C33H29F3N2O. The van der Waals surface area contributed by atoms with E-state index in [0.29, 0.717) is 5.75 Å². The van der Waals surface area contributed by atoms with Gasteiger partial charge in [-0.1, -0.05) is 74.4 Å². The molecule has 6 heteroatoms. The van der Waals surface area contributed by atoms with Gasteiger partial charge in [0.2, 0.25) is 0 Å². The predicted molar refractivity (Wildman–Crippen MR) is 150 cm³/mol. The molecule has 198 valence electrons. The first-order valence-electron chi connectivity index (χ1n) is 13.2. The Morgan fingerprint density at radius 2 is 1.62 bits per heavy atom. The molecule has 0 saturated heterocycles. The van der Waals surface area contributed by atoms with Crippen LogP contribution in [0.4, 0.5) is 13.2 Å². The van der Waals surface area contributed by atoms with Gasteiger partial charge in [-0.25, -0.2) is 0 Å². The van der Waals surface area contributed by atoms with E-state index in [-0.39, 0.29) is 18.7 Å². The first kappa shape index (κ1) is 26.4. The molecule has 4 aromatic carbocycles. The molecule has 0 aliphatic heterocycles. The summed E-state index contributed by atoms with van der Waals surface area (Å²) in [5, 5.41) is 11.9.